The number of likely N-dealkylation sites (tertiary alicyclic amines) is 1. The number of amides is 1. The quantitative estimate of drug-likeness (QED) is 0.911. The Kier molecular flexibility index (Phi) is 3.54. The Morgan fingerprint density at radius 1 is 1.40 bits per heavy atom. The van der Waals surface area contributed by atoms with Crippen LogP contribution in [0.15, 0.2) is 36.5 Å². The van der Waals surface area contributed by atoms with Gasteiger partial charge in [-0.3, -0.25) is 9.89 Å². The predicted molar refractivity (Wildman–Crippen MR) is 77.6 cm³/mol. The molecule has 1 aliphatic rings. The van der Waals surface area contributed by atoms with Crippen molar-refractivity contribution < 1.29 is 4.79 Å². The summed E-state index contributed by atoms with van der Waals surface area (Å²) in [6.45, 7) is 3.63. The topological polar surface area (TPSA) is 49.0 Å². The number of benzene rings is 1. The molecular formula is C16H19N3O. The molecule has 0 aliphatic carbocycles. The zero-order chi connectivity index (χ0) is 13.9. The van der Waals surface area contributed by atoms with Crippen LogP contribution in [-0.4, -0.2) is 34.1 Å². The van der Waals surface area contributed by atoms with E-state index in [2.05, 4.69) is 10.2 Å². The normalized spacial score (nSPS) is 19.1. The van der Waals surface area contributed by atoms with E-state index in [0.29, 0.717) is 5.92 Å². The van der Waals surface area contributed by atoms with Gasteiger partial charge in [0.15, 0.2) is 0 Å². The number of aromatic nitrogens is 2. The van der Waals surface area contributed by atoms with Crippen molar-refractivity contribution in [2.75, 3.05) is 13.1 Å². The maximum Gasteiger partial charge on any atom is 0.253 e. The first-order chi connectivity index (χ1) is 9.74. The Hall–Kier alpha value is -2.10. The fraction of sp³-hybridized carbons (Fsp3) is 0.375. The van der Waals surface area contributed by atoms with Gasteiger partial charge in [-0.2, -0.15) is 5.10 Å². The summed E-state index contributed by atoms with van der Waals surface area (Å²) < 4.78 is 0. The predicted octanol–water partition coefficient (Wildman–Crippen LogP) is 2.74. The molecule has 1 amide bonds. The van der Waals surface area contributed by atoms with Gasteiger partial charge in [0.2, 0.25) is 0 Å². The summed E-state index contributed by atoms with van der Waals surface area (Å²) in [7, 11) is 0. The molecule has 3 rings (SSSR count). The van der Waals surface area contributed by atoms with E-state index in [9.17, 15) is 4.79 Å². The van der Waals surface area contributed by atoms with Crippen molar-refractivity contribution in [1.29, 1.82) is 0 Å². The van der Waals surface area contributed by atoms with Crippen LogP contribution in [0.3, 0.4) is 0 Å². The largest absolute Gasteiger partial charge is 0.338 e. The van der Waals surface area contributed by atoms with Crippen LogP contribution in [0.25, 0.3) is 0 Å². The Bertz CT molecular complexity index is 592. The van der Waals surface area contributed by atoms with Crippen molar-refractivity contribution >= 4 is 5.91 Å². The van der Waals surface area contributed by atoms with Gasteiger partial charge in [0.25, 0.3) is 5.91 Å². The van der Waals surface area contributed by atoms with Crippen LogP contribution in [-0.2, 0) is 0 Å². The lowest BCUT2D eigenvalue weighted by Crippen LogP contribution is -2.39. The fourth-order valence-corrected chi connectivity index (χ4v) is 2.87. The summed E-state index contributed by atoms with van der Waals surface area (Å²) >= 11 is 0. The van der Waals surface area contributed by atoms with Crippen LogP contribution in [0.5, 0.6) is 0 Å². The lowest BCUT2D eigenvalue weighted by molar-refractivity contribution is 0.0706. The van der Waals surface area contributed by atoms with Crippen LogP contribution in [0.2, 0.25) is 0 Å². The molecule has 1 fully saturated rings. The Balaban J connectivity index is 1.75. The number of carbonyl (C=O) groups is 1. The number of piperidine rings is 1. The molecule has 104 valence electrons. The lowest BCUT2D eigenvalue weighted by atomic mass is 9.94. The molecule has 4 heteroatoms. The van der Waals surface area contributed by atoms with Crippen molar-refractivity contribution in [3.05, 3.63) is 53.3 Å². The van der Waals surface area contributed by atoms with Crippen molar-refractivity contribution in [1.82, 2.24) is 15.1 Å². The summed E-state index contributed by atoms with van der Waals surface area (Å²) in [4.78, 5) is 14.5. The van der Waals surface area contributed by atoms with E-state index in [1.807, 2.05) is 42.2 Å². The van der Waals surface area contributed by atoms with Crippen LogP contribution in [0, 0.1) is 6.92 Å². The summed E-state index contributed by atoms with van der Waals surface area (Å²) in [5.41, 5.74) is 3.04. The first-order valence-electron chi connectivity index (χ1n) is 7.09. The minimum absolute atomic E-state index is 0.137. The summed E-state index contributed by atoms with van der Waals surface area (Å²) in [5.74, 6) is 0.512. The van der Waals surface area contributed by atoms with Crippen LogP contribution >= 0.6 is 0 Å². The number of H-pyrrole nitrogens is 1. The SMILES string of the molecule is Cc1cccc(C(=O)N2CCCC(c3ccn[nH]3)C2)c1. The molecule has 0 saturated carbocycles. The summed E-state index contributed by atoms with van der Waals surface area (Å²) in [6, 6.07) is 9.82. The van der Waals surface area contributed by atoms with E-state index in [1.165, 1.54) is 0 Å². The number of hydrogen-bond donors (Lipinski definition) is 1. The van der Waals surface area contributed by atoms with Gasteiger partial charge < -0.3 is 4.90 Å². The lowest BCUT2D eigenvalue weighted by Gasteiger charge is -2.32. The number of nitrogens with one attached hydrogen (secondary N) is 1. The molecular weight excluding hydrogens is 250 g/mol. The minimum atomic E-state index is 0.137. The Labute approximate surface area is 118 Å². The minimum Gasteiger partial charge on any atom is -0.338 e. The van der Waals surface area contributed by atoms with E-state index < -0.39 is 0 Å². The number of rotatable bonds is 2. The van der Waals surface area contributed by atoms with Gasteiger partial charge in [-0.15, -0.1) is 0 Å². The molecule has 1 aliphatic heterocycles. The van der Waals surface area contributed by atoms with Crippen molar-refractivity contribution in [2.45, 2.75) is 25.7 Å². The first-order valence-corrected chi connectivity index (χ1v) is 7.09. The van der Waals surface area contributed by atoms with Crippen molar-refractivity contribution in [2.24, 2.45) is 0 Å². The average molecular weight is 269 g/mol. The molecule has 1 unspecified atom stereocenters. The van der Waals surface area contributed by atoms with Crippen LogP contribution in [0.4, 0.5) is 0 Å². The van der Waals surface area contributed by atoms with E-state index in [1.54, 1.807) is 6.20 Å². The summed E-state index contributed by atoms with van der Waals surface area (Å²) in [5, 5.41) is 7.04. The number of aryl methyl sites for hydroxylation is 1. The highest BCUT2D eigenvalue weighted by Crippen LogP contribution is 2.26. The van der Waals surface area contributed by atoms with Gasteiger partial charge in [-0.25, -0.2) is 0 Å². The van der Waals surface area contributed by atoms with Gasteiger partial charge in [0.05, 0.1) is 0 Å². The monoisotopic (exact) mass is 269 g/mol. The number of carbonyl (C=O) groups excluding carboxylic acids is 1. The fourth-order valence-electron chi connectivity index (χ4n) is 2.87. The highest BCUT2D eigenvalue weighted by molar-refractivity contribution is 5.94. The maximum atomic E-state index is 12.6. The maximum absolute atomic E-state index is 12.6. The van der Waals surface area contributed by atoms with Gasteiger partial charge in [0, 0.05) is 36.5 Å². The second-order valence-corrected chi connectivity index (χ2v) is 5.47. The molecule has 1 atom stereocenters. The van der Waals surface area contributed by atoms with E-state index in [-0.39, 0.29) is 5.91 Å². The van der Waals surface area contributed by atoms with Gasteiger partial charge >= 0.3 is 0 Å². The summed E-state index contributed by atoms with van der Waals surface area (Å²) in [6.07, 6.45) is 3.93. The van der Waals surface area contributed by atoms with Crippen molar-refractivity contribution in [3.63, 3.8) is 0 Å². The second-order valence-electron chi connectivity index (χ2n) is 5.47. The Morgan fingerprint density at radius 2 is 2.30 bits per heavy atom. The van der Waals surface area contributed by atoms with E-state index >= 15 is 0 Å². The van der Waals surface area contributed by atoms with Crippen LogP contribution in [0.1, 0.15) is 40.4 Å². The molecule has 2 heterocycles. The molecule has 1 aromatic heterocycles. The zero-order valence-electron chi connectivity index (χ0n) is 11.7. The first kappa shape index (κ1) is 12.9. The Morgan fingerprint density at radius 3 is 3.05 bits per heavy atom. The van der Waals surface area contributed by atoms with Gasteiger partial charge in [0.1, 0.15) is 0 Å². The third kappa shape index (κ3) is 2.59. The highest BCUT2D eigenvalue weighted by Gasteiger charge is 2.26. The third-order valence-electron chi connectivity index (χ3n) is 3.94. The van der Waals surface area contributed by atoms with Gasteiger partial charge in [-0.05, 0) is 38.0 Å². The molecule has 4 nitrogen and oxygen atoms in total. The molecule has 0 radical (unpaired) electrons. The number of aromatic amines is 1. The highest BCUT2D eigenvalue weighted by atomic mass is 16.2. The third-order valence-corrected chi connectivity index (χ3v) is 3.94. The van der Waals surface area contributed by atoms with E-state index in [0.717, 1.165) is 42.8 Å². The smallest absolute Gasteiger partial charge is 0.253 e. The molecule has 1 aromatic carbocycles. The molecule has 0 spiro atoms. The molecule has 20 heavy (non-hydrogen) atoms. The number of nitrogens with zero attached hydrogens (tertiary/aromatic N) is 2. The molecule has 1 N–H and O–H groups in total. The second kappa shape index (κ2) is 5.49. The molecule has 0 bridgehead atoms. The average Bonchev–Trinajstić information content (AvgIpc) is 3.01. The zero-order valence-corrected chi connectivity index (χ0v) is 11.7. The van der Waals surface area contributed by atoms with E-state index in [4.69, 9.17) is 0 Å². The molecule has 1 saturated heterocycles. The van der Waals surface area contributed by atoms with Crippen molar-refractivity contribution in [3.8, 4) is 0 Å². The van der Waals surface area contributed by atoms with Gasteiger partial charge in [-0.1, -0.05) is 17.7 Å². The number of hydrogen-bond acceptors (Lipinski definition) is 2. The molecule has 2 aromatic rings. The standard InChI is InChI=1S/C16H19N3O/c1-12-4-2-5-13(10-12)16(20)19-9-3-6-14(11-19)15-7-8-17-18-15/h2,4-5,7-8,10,14H,3,6,9,11H2,1H3,(H,17,18). The van der Waals surface area contributed by atoms with Crippen LogP contribution < -0.4 is 0 Å².